The summed E-state index contributed by atoms with van der Waals surface area (Å²) in [7, 11) is 0. The fraction of sp³-hybridized carbons (Fsp3) is 0.231. The highest BCUT2D eigenvalue weighted by atomic mass is 32.2. The van der Waals surface area contributed by atoms with Gasteiger partial charge in [0.25, 0.3) is 0 Å². The zero-order valence-electron chi connectivity index (χ0n) is 19.1. The van der Waals surface area contributed by atoms with Crippen molar-refractivity contribution in [2.24, 2.45) is 0 Å². The van der Waals surface area contributed by atoms with Crippen LogP contribution in [0.5, 0.6) is 0 Å². The number of carbonyl (C=O) groups excluding carboxylic acids is 1. The molecule has 1 aliphatic carbocycles. The third-order valence-corrected chi connectivity index (χ3v) is 6.88. The van der Waals surface area contributed by atoms with Gasteiger partial charge in [0.2, 0.25) is 5.91 Å². The van der Waals surface area contributed by atoms with E-state index < -0.39 is 0 Å². The molecule has 1 amide bonds. The molecule has 2 heterocycles. The lowest BCUT2D eigenvalue weighted by molar-refractivity contribution is -0.113. The number of fused-ring (bicyclic) bond motifs is 1. The van der Waals surface area contributed by atoms with E-state index in [1.807, 2.05) is 47.9 Å². The van der Waals surface area contributed by atoms with Gasteiger partial charge in [0, 0.05) is 18.2 Å². The van der Waals surface area contributed by atoms with E-state index in [-0.39, 0.29) is 11.7 Å². The molecule has 5 rings (SSSR count). The van der Waals surface area contributed by atoms with Crippen molar-refractivity contribution in [1.82, 2.24) is 24.5 Å². The minimum Gasteiger partial charge on any atom is -0.310 e. The summed E-state index contributed by atoms with van der Waals surface area (Å²) in [5.74, 6) is 1.51. The Balaban J connectivity index is 1.39. The number of benzene rings is 2. The summed E-state index contributed by atoms with van der Waals surface area (Å²) in [6.07, 6.45) is 5.25. The number of allylic oxidation sites excluding steroid dienone is 1. The summed E-state index contributed by atoms with van der Waals surface area (Å²) in [5.41, 5.74) is 5.61. The van der Waals surface area contributed by atoms with Crippen LogP contribution in [0.1, 0.15) is 23.4 Å². The molecule has 0 bridgehead atoms. The van der Waals surface area contributed by atoms with E-state index >= 15 is 0 Å². The van der Waals surface area contributed by atoms with E-state index in [1.165, 1.54) is 29.3 Å². The quantitative estimate of drug-likeness (QED) is 0.294. The van der Waals surface area contributed by atoms with Crippen LogP contribution in [-0.2, 0) is 24.2 Å². The normalized spacial score (nSPS) is 12.5. The van der Waals surface area contributed by atoms with E-state index in [2.05, 4.69) is 40.3 Å². The van der Waals surface area contributed by atoms with Crippen LogP contribution < -0.4 is 5.32 Å². The zero-order chi connectivity index (χ0) is 23.5. The molecule has 34 heavy (non-hydrogen) atoms. The number of amides is 1. The highest BCUT2D eigenvalue weighted by Gasteiger charge is 2.17. The second-order valence-electron chi connectivity index (χ2n) is 8.27. The second kappa shape index (κ2) is 9.69. The molecule has 7 nitrogen and oxygen atoms in total. The maximum absolute atomic E-state index is 12.9. The molecule has 172 valence electrons. The Morgan fingerprint density at radius 3 is 2.76 bits per heavy atom. The molecule has 0 saturated carbocycles. The molecule has 0 aliphatic heterocycles. The number of rotatable bonds is 8. The van der Waals surface area contributed by atoms with Gasteiger partial charge in [-0.15, -0.1) is 16.8 Å². The number of anilines is 1. The Bertz CT molecular complexity index is 1340. The molecule has 0 saturated heterocycles. The van der Waals surface area contributed by atoms with Gasteiger partial charge in [0.15, 0.2) is 5.16 Å². The molecule has 0 unspecified atom stereocenters. The van der Waals surface area contributed by atoms with Crippen molar-refractivity contribution in [3.63, 3.8) is 0 Å². The first-order valence-corrected chi connectivity index (χ1v) is 12.3. The number of nitrogens with one attached hydrogen (secondary N) is 1. The summed E-state index contributed by atoms with van der Waals surface area (Å²) in [6, 6.07) is 18.3. The van der Waals surface area contributed by atoms with Crippen LogP contribution in [0, 0.1) is 6.92 Å². The van der Waals surface area contributed by atoms with E-state index in [9.17, 15) is 4.79 Å². The number of hydrogen-bond donors (Lipinski definition) is 1. The van der Waals surface area contributed by atoms with Crippen molar-refractivity contribution >= 4 is 23.5 Å². The molecular weight excluding hydrogens is 444 g/mol. The summed E-state index contributed by atoms with van der Waals surface area (Å²) >= 11 is 1.35. The van der Waals surface area contributed by atoms with Crippen LogP contribution in [0.25, 0.3) is 16.9 Å². The van der Waals surface area contributed by atoms with Gasteiger partial charge in [-0.2, -0.15) is 5.10 Å². The summed E-state index contributed by atoms with van der Waals surface area (Å²) in [5, 5.41) is 16.9. The fourth-order valence-corrected chi connectivity index (χ4v) is 5.02. The maximum Gasteiger partial charge on any atom is 0.236 e. The number of thioether (sulfide) groups is 1. The van der Waals surface area contributed by atoms with Crippen LogP contribution in [0.15, 0.2) is 72.4 Å². The van der Waals surface area contributed by atoms with Gasteiger partial charge in [0.1, 0.15) is 11.6 Å². The first kappa shape index (κ1) is 22.2. The summed E-state index contributed by atoms with van der Waals surface area (Å²) < 4.78 is 3.72. The third-order valence-electron chi connectivity index (χ3n) is 5.92. The van der Waals surface area contributed by atoms with Crippen LogP contribution >= 0.6 is 11.8 Å². The van der Waals surface area contributed by atoms with E-state index in [0.717, 1.165) is 35.6 Å². The topological polar surface area (TPSA) is 77.6 Å². The standard InChI is InChI=1S/C26H26N6OS/c1-3-14-31-18(2)28-29-26(31)34-17-25(33)27-24-16-23(30-32(24)22-10-5-4-6-11-22)21-13-12-19-8-7-9-20(19)15-21/h3-6,10-13,15-16H,1,7-9,14,17H2,2H3,(H,27,33). The van der Waals surface area contributed by atoms with Gasteiger partial charge in [-0.25, -0.2) is 4.68 Å². The fourth-order valence-electron chi connectivity index (χ4n) is 4.23. The molecule has 1 aliphatic rings. The van der Waals surface area contributed by atoms with E-state index in [4.69, 9.17) is 5.10 Å². The van der Waals surface area contributed by atoms with Crippen molar-refractivity contribution in [3.05, 3.63) is 84.2 Å². The highest BCUT2D eigenvalue weighted by Crippen LogP contribution is 2.30. The monoisotopic (exact) mass is 470 g/mol. The van der Waals surface area contributed by atoms with E-state index in [1.54, 1.807) is 10.8 Å². The maximum atomic E-state index is 12.9. The van der Waals surface area contributed by atoms with Gasteiger partial charge in [0.05, 0.1) is 17.1 Å². The molecule has 8 heteroatoms. The second-order valence-corrected chi connectivity index (χ2v) is 9.21. The zero-order valence-corrected chi connectivity index (χ0v) is 19.9. The Kier molecular flexibility index (Phi) is 6.31. The molecule has 1 N–H and O–H groups in total. The average Bonchev–Trinajstić information content (AvgIpc) is 3.57. The Morgan fingerprint density at radius 1 is 1.12 bits per heavy atom. The summed E-state index contributed by atoms with van der Waals surface area (Å²) in [4.78, 5) is 12.9. The Labute approximate surface area is 202 Å². The number of carbonyl (C=O) groups is 1. The van der Waals surface area contributed by atoms with Crippen molar-refractivity contribution in [2.75, 3.05) is 11.1 Å². The molecule has 2 aromatic heterocycles. The van der Waals surface area contributed by atoms with Gasteiger partial charge >= 0.3 is 0 Å². The van der Waals surface area contributed by atoms with Crippen LogP contribution in [0.3, 0.4) is 0 Å². The molecule has 0 fully saturated rings. The van der Waals surface area contributed by atoms with Crippen molar-refractivity contribution in [2.45, 2.75) is 37.9 Å². The molecular formula is C26H26N6OS. The van der Waals surface area contributed by atoms with Crippen molar-refractivity contribution < 1.29 is 4.79 Å². The lowest BCUT2D eigenvalue weighted by Gasteiger charge is -2.09. The van der Waals surface area contributed by atoms with Crippen LogP contribution in [0.4, 0.5) is 5.82 Å². The lowest BCUT2D eigenvalue weighted by atomic mass is 10.0. The van der Waals surface area contributed by atoms with Gasteiger partial charge in [-0.3, -0.25) is 4.79 Å². The minimum absolute atomic E-state index is 0.131. The number of para-hydroxylation sites is 1. The first-order valence-electron chi connectivity index (χ1n) is 11.3. The number of aryl methyl sites for hydroxylation is 3. The Hall–Kier alpha value is -3.65. The number of aromatic nitrogens is 5. The SMILES string of the molecule is C=CCn1c(C)nnc1SCC(=O)Nc1cc(-c2ccc3c(c2)CCC3)nn1-c1ccccc1. The first-order chi connectivity index (χ1) is 16.6. The smallest absolute Gasteiger partial charge is 0.236 e. The largest absolute Gasteiger partial charge is 0.310 e. The highest BCUT2D eigenvalue weighted by molar-refractivity contribution is 7.99. The molecule has 4 aromatic rings. The summed E-state index contributed by atoms with van der Waals surface area (Å²) in [6.45, 7) is 6.27. The van der Waals surface area contributed by atoms with Crippen molar-refractivity contribution in [1.29, 1.82) is 0 Å². The van der Waals surface area contributed by atoms with Gasteiger partial charge < -0.3 is 9.88 Å². The molecule has 0 atom stereocenters. The number of nitrogens with zero attached hydrogens (tertiary/aromatic N) is 5. The minimum atomic E-state index is -0.131. The van der Waals surface area contributed by atoms with Gasteiger partial charge in [-0.05, 0) is 55.5 Å². The third kappa shape index (κ3) is 4.54. The predicted octanol–water partition coefficient (Wildman–Crippen LogP) is 4.84. The van der Waals surface area contributed by atoms with E-state index in [0.29, 0.717) is 17.5 Å². The molecule has 0 spiro atoms. The molecule has 0 radical (unpaired) electrons. The van der Waals surface area contributed by atoms with Crippen LogP contribution in [-0.4, -0.2) is 36.2 Å². The average molecular weight is 471 g/mol. The Morgan fingerprint density at radius 2 is 1.94 bits per heavy atom. The lowest BCUT2D eigenvalue weighted by Crippen LogP contribution is -2.17. The number of hydrogen-bond acceptors (Lipinski definition) is 5. The van der Waals surface area contributed by atoms with Gasteiger partial charge in [-0.1, -0.05) is 48.2 Å². The predicted molar refractivity (Wildman–Crippen MR) is 135 cm³/mol. The van der Waals surface area contributed by atoms with Crippen molar-refractivity contribution in [3.8, 4) is 16.9 Å². The molecule has 2 aromatic carbocycles. The van der Waals surface area contributed by atoms with Crippen LogP contribution in [0.2, 0.25) is 0 Å².